The molecule has 0 spiro atoms. The lowest BCUT2D eigenvalue weighted by Crippen LogP contribution is -2.31. The van der Waals surface area contributed by atoms with Gasteiger partial charge in [0.2, 0.25) is 0 Å². The van der Waals surface area contributed by atoms with Crippen LogP contribution in [0.3, 0.4) is 0 Å². The molecule has 0 aromatic carbocycles. The third kappa shape index (κ3) is 5.03. The Balaban J connectivity index is 2.61. The summed E-state index contributed by atoms with van der Waals surface area (Å²) in [6.45, 7) is 12.9. The molecule has 0 unspecified atom stereocenters. The highest BCUT2D eigenvalue weighted by Gasteiger charge is 2.06. The Kier molecular flexibility index (Phi) is 6.56. The van der Waals surface area contributed by atoms with Crippen LogP contribution in [0.1, 0.15) is 27.7 Å². The van der Waals surface area contributed by atoms with Gasteiger partial charge in [0.15, 0.2) is 5.82 Å². The minimum atomic E-state index is -0.0317. The van der Waals surface area contributed by atoms with Gasteiger partial charge in [0.25, 0.3) is 5.56 Å². The van der Waals surface area contributed by atoms with Crippen molar-refractivity contribution in [1.82, 2.24) is 14.5 Å². The monoisotopic (exact) mass is 266 g/mol. The normalized spacial score (nSPS) is 11.3. The van der Waals surface area contributed by atoms with E-state index in [9.17, 15) is 4.79 Å². The van der Waals surface area contributed by atoms with E-state index >= 15 is 0 Å². The summed E-state index contributed by atoms with van der Waals surface area (Å²) in [5.41, 5.74) is -0.0317. The Morgan fingerprint density at radius 2 is 2.05 bits per heavy atom. The van der Waals surface area contributed by atoms with Crippen molar-refractivity contribution in [3.8, 4) is 0 Å². The maximum absolute atomic E-state index is 12.1. The van der Waals surface area contributed by atoms with Crippen LogP contribution in [0.25, 0.3) is 0 Å². The Hall–Kier alpha value is -1.36. The Morgan fingerprint density at radius 3 is 2.63 bits per heavy atom. The largest absolute Gasteiger partial charge is 0.364 e. The summed E-state index contributed by atoms with van der Waals surface area (Å²) in [4.78, 5) is 18.6. The third-order valence-corrected chi connectivity index (χ3v) is 3.09. The average molecular weight is 266 g/mol. The van der Waals surface area contributed by atoms with Crippen LogP contribution in [0, 0.1) is 5.92 Å². The fourth-order valence-corrected chi connectivity index (χ4v) is 1.98. The van der Waals surface area contributed by atoms with E-state index in [2.05, 4.69) is 42.9 Å². The lowest BCUT2D eigenvalue weighted by molar-refractivity contribution is 0.316. The van der Waals surface area contributed by atoms with Gasteiger partial charge in [0, 0.05) is 32.0 Å². The zero-order chi connectivity index (χ0) is 14.3. The maximum atomic E-state index is 12.1. The molecule has 0 amide bonds. The van der Waals surface area contributed by atoms with Crippen LogP contribution in [-0.4, -0.2) is 40.6 Å². The summed E-state index contributed by atoms with van der Waals surface area (Å²) in [5, 5.41) is 3.14. The van der Waals surface area contributed by atoms with Crippen molar-refractivity contribution >= 4 is 5.82 Å². The zero-order valence-corrected chi connectivity index (χ0v) is 12.5. The summed E-state index contributed by atoms with van der Waals surface area (Å²) >= 11 is 0. The van der Waals surface area contributed by atoms with E-state index in [0.717, 1.165) is 32.7 Å². The van der Waals surface area contributed by atoms with Gasteiger partial charge in [-0.1, -0.05) is 27.7 Å². The quantitative estimate of drug-likeness (QED) is 0.777. The molecule has 0 fully saturated rings. The van der Waals surface area contributed by atoms with Gasteiger partial charge in [0.1, 0.15) is 0 Å². The number of likely N-dealkylation sites (N-methyl/N-ethyl adjacent to an activating group) is 1. The smallest absolute Gasteiger partial charge is 0.293 e. The summed E-state index contributed by atoms with van der Waals surface area (Å²) in [5.74, 6) is 0.902. The molecule has 0 saturated carbocycles. The number of nitrogens with one attached hydrogen (secondary N) is 1. The zero-order valence-electron chi connectivity index (χ0n) is 12.5. The molecule has 1 aromatic heterocycles. The van der Waals surface area contributed by atoms with Crippen LogP contribution in [0.2, 0.25) is 0 Å². The van der Waals surface area contributed by atoms with Gasteiger partial charge in [-0.15, -0.1) is 0 Å². The van der Waals surface area contributed by atoms with E-state index < -0.39 is 0 Å². The fourth-order valence-electron chi connectivity index (χ4n) is 1.98. The number of rotatable bonds is 8. The fraction of sp³-hybridized carbons (Fsp3) is 0.714. The standard InChI is InChI=1S/C14H26N4O/c1-5-17(6-2)9-7-15-13-14(19)18(10-8-16-13)11-12(3)4/h8,10,12H,5-7,9,11H2,1-4H3,(H,15,16). The summed E-state index contributed by atoms with van der Waals surface area (Å²) < 4.78 is 1.72. The van der Waals surface area contributed by atoms with Crippen molar-refractivity contribution in [2.24, 2.45) is 5.92 Å². The van der Waals surface area contributed by atoms with Crippen molar-refractivity contribution < 1.29 is 0 Å². The molecule has 1 N–H and O–H groups in total. The molecule has 19 heavy (non-hydrogen) atoms. The van der Waals surface area contributed by atoms with Crippen molar-refractivity contribution in [3.63, 3.8) is 0 Å². The molecule has 0 aliphatic heterocycles. The molecule has 0 saturated heterocycles. The highest BCUT2D eigenvalue weighted by atomic mass is 16.1. The Morgan fingerprint density at radius 1 is 1.37 bits per heavy atom. The minimum absolute atomic E-state index is 0.0317. The number of hydrogen-bond donors (Lipinski definition) is 1. The van der Waals surface area contributed by atoms with Crippen molar-refractivity contribution in [2.45, 2.75) is 34.2 Å². The summed E-state index contributed by atoms with van der Waals surface area (Å²) in [6, 6.07) is 0. The molecule has 0 atom stereocenters. The SMILES string of the molecule is CCN(CC)CCNc1nccn(CC(C)C)c1=O. The van der Waals surface area contributed by atoms with Crippen LogP contribution in [0.15, 0.2) is 17.2 Å². The van der Waals surface area contributed by atoms with Crippen LogP contribution in [-0.2, 0) is 6.54 Å². The molecule has 1 rings (SSSR count). The van der Waals surface area contributed by atoms with Crippen molar-refractivity contribution in [3.05, 3.63) is 22.7 Å². The van der Waals surface area contributed by atoms with Crippen LogP contribution in [0.5, 0.6) is 0 Å². The predicted molar refractivity (Wildman–Crippen MR) is 79.6 cm³/mol. The first-order valence-electron chi connectivity index (χ1n) is 7.10. The molecule has 0 bridgehead atoms. The second kappa shape index (κ2) is 7.94. The molecule has 0 aliphatic rings. The first-order chi connectivity index (χ1) is 9.08. The van der Waals surface area contributed by atoms with Crippen molar-refractivity contribution in [2.75, 3.05) is 31.5 Å². The molecule has 108 valence electrons. The molecular formula is C14H26N4O. The third-order valence-electron chi connectivity index (χ3n) is 3.09. The van der Waals surface area contributed by atoms with Gasteiger partial charge in [0.05, 0.1) is 0 Å². The van der Waals surface area contributed by atoms with Gasteiger partial charge in [-0.3, -0.25) is 4.79 Å². The second-order valence-corrected chi connectivity index (χ2v) is 5.08. The van der Waals surface area contributed by atoms with Gasteiger partial charge >= 0.3 is 0 Å². The lowest BCUT2D eigenvalue weighted by atomic mass is 10.2. The minimum Gasteiger partial charge on any atom is -0.364 e. The lowest BCUT2D eigenvalue weighted by Gasteiger charge is -2.18. The van der Waals surface area contributed by atoms with Gasteiger partial charge < -0.3 is 14.8 Å². The molecule has 1 heterocycles. The topological polar surface area (TPSA) is 50.2 Å². The molecule has 5 heteroatoms. The first kappa shape index (κ1) is 15.7. The van der Waals surface area contributed by atoms with E-state index in [0.29, 0.717) is 11.7 Å². The number of aromatic nitrogens is 2. The molecular weight excluding hydrogens is 240 g/mol. The highest BCUT2D eigenvalue weighted by molar-refractivity contribution is 5.30. The Bertz CT molecular complexity index is 424. The van der Waals surface area contributed by atoms with Gasteiger partial charge in [-0.05, 0) is 19.0 Å². The van der Waals surface area contributed by atoms with Gasteiger partial charge in [-0.2, -0.15) is 0 Å². The molecule has 1 aromatic rings. The molecule has 0 aliphatic carbocycles. The van der Waals surface area contributed by atoms with Crippen LogP contribution < -0.4 is 10.9 Å². The highest BCUT2D eigenvalue weighted by Crippen LogP contribution is 1.98. The Labute approximate surface area is 115 Å². The van der Waals surface area contributed by atoms with Crippen molar-refractivity contribution in [1.29, 1.82) is 0 Å². The van der Waals surface area contributed by atoms with E-state index in [1.165, 1.54) is 0 Å². The average Bonchev–Trinajstić information content (AvgIpc) is 2.38. The number of nitrogens with zero attached hydrogens (tertiary/aromatic N) is 3. The van der Waals surface area contributed by atoms with Crippen LogP contribution >= 0.6 is 0 Å². The number of hydrogen-bond acceptors (Lipinski definition) is 4. The van der Waals surface area contributed by atoms with E-state index in [1.54, 1.807) is 17.0 Å². The molecule has 0 radical (unpaired) electrons. The molecule has 5 nitrogen and oxygen atoms in total. The number of anilines is 1. The second-order valence-electron chi connectivity index (χ2n) is 5.08. The van der Waals surface area contributed by atoms with Gasteiger partial charge in [-0.25, -0.2) is 4.98 Å². The van der Waals surface area contributed by atoms with Crippen LogP contribution in [0.4, 0.5) is 5.82 Å². The predicted octanol–water partition coefficient (Wildman–Crippen LogP) is 1.65. The maximum Gasteiger partial charge on any atom is 0.293 e. The first-order valence-corrected chi connectivity index (χ1v) is 7.10. The van der Waals surface area contributed by atoms with E-state index in [-0.39, 0.29) is 5.56 Å². The van der Waals surface area contributed by atoms with E-state index in [1.807, 2.05) is 0 Å². The van der Waals surface area contributed by atoms with E-state index in [4.69, 9.17) is 0 Å². The summed E-state index contributed by atoms with van der Waals surface area (Å²) in [6.07, 6.45) is 3.43. The summed E-state index contributed by atoms with van der Waals surface area (Å²) in [7, 11) is 0.